The van der Waals surface area contributed by atoms with Crippen molar-refractivity contribution in [1.29, 1.82) is 0 Å². The summed E-state index contributed by atoms with van der Waals surface area (Å²) in [5.41, 5.74) is 1.39. The average molecular weight is 254 g/mol. The summed E-state index contributed by atoms with van der Waals surface area (Å²) in [7, 11) is 0. The lowest BCUT2D eigenvalue weighted by Gasteiger charge is -2.27. The number of aliphatic carboxylic acids is 1. The van der Waals surface area contributed by atoms with Gasteiger partial charge >= 0.3 is 5.97 Å². The summed E-state index contributed by atoms with van der Waals surface area (Å²) in [4.78, 5) is 11.0. The Bertz CT molecular complexity index is 590. The topological polar surface area (TPSA) is 37.3 Å². The Balaban J connectivity index is 1.88. The van der Waals surface area contributed by atoms with Gasteiger partial charge in [0.15, 0.2) is 0 Å². The van der Waals surface area contributed by atoms with Gasteiger partial charge in [-0.3, -0.25) is 4.79 Å². The third-order valence-corrected chi connectivity index (χ3v) is 4.34. The van der Waals surface area contributed by atoms with Crippen molar-refractivity contribution in [2.75, 3.05) is 0 Å². The van der Waals surface area contributed by atoms with E-state index in [2.05, 4.69) is 42.5 Å². The van der Waals surface area contributed by atoms with E-state index in [9.17, 15) is 4.79 Å². The van der Waals surface area contributed by atoms with Crippen LogP contribution in [0.25, 0.3) is 10.8 Å². The Morgan fingerprint density at radius 2 is 1.63 bits per heavy atom. The van der Waals surface area contributed by atoms with E-state index in [1.807, 2.05) is 0 Å². The molecule has 0 atom stereocenters. The number of carboxylic acid groups (broad SMARTS) is 1. The number of hydrogen-bond donors (Lipinski definition) is 1. The summed E-state index contributed by atoms with van der Waals surface area (Å²) in [6, 6.07) is 14.9. The molecule has 0 aromatic heterocycles. The third kappa shape index (κ3) is 2.35. The molecule has 2 heteroatoms. The Kier molecular flexibility index (Phi) is 3.24. The van der Waals surface area contributed by atoms with E-state index in [1.54, 1.807) is 0 Å². The van der Waals surface area contributed by atoms with Gasteiger partial charge in [0.05, 0.1) is 5.92 Å². The van der Waals surface area contributed by atoms with Gasteiger partial charge in [0.2, 0.25) is 0 Å². The number of fused-ring (bicyclic) bond motifs is 1. The SMILES string of the molecule is O=C(O)C1CCC(c2cccc3ccccc23)CC1. The molecule has 0 spiro atoms. The molecule has 19 heavy (non-hydrogen) atoms. The zero-order valence-electron chi connectivity index (χ0n) is 10.9. The van der Waals surface area contributed by atoms with Crippen LogP contribution in [0.4, 0.5) is 0 Å². The van der Waals surface area contributed by atoms with E-state index >= 15 is 0 Å². The normalized spacial score (nSPS) is 23.4. The van der Waals surface area contributed by atoms with E-state index in [0.717, 1.165) is 25.7 Å². The van der Waals surface area contributed by atoms with Gasteiger partial charge in [-0.15, -0.1) is 0 Å². The van der Waals surface area contributed by atoms with Crippen LogP contribution >= 0.6 is 0 Å². The van der Waals surface area contributed by atoms with Crippen molar-refractivity contribution < 1.29 is 9.90 Å². The number of rotatable bonds is 2. The van der Waals surface area contributed by atoms with Gasteiger partial charge in [-0.05, 0) is 47.9 Å². The first kappa shape index (κ1) is 12.2. The van der Waals surface area contributed by atoms with E-state index in [-0.39, 0.29) is 5.92 Å². The standard InChI is InChI=1S/C17H18O2/c18-17(19)14-10-8-13(9-11-14)16-7-3-5-12-4-1-2-6-15(12)16/h1-7,13-14H,8-11H2,(H,18,19). The predicted octanol–water partition coefficient (Wildman–Crippen LogP) is 4.20. The summed E-state index contributed by atoms with van der Waals surface area (Å²) in [6.07, 6.45) is 3.60. The van der Waals surface area contributed by atoms with Gasteiger partial charge in [0.25, 0.3) is 0 Å². The first-order valence-corrected chi connectivity index (χ1v) is 6.96. The molecule has 98 valence electrons. The molecule has 1 fully saturated rings. The highest BCUT2D eigenvalue weighted by molar-refractivity contribution is 5.86. The monoisotopic (exact) mass is 254 g/mol. The first-order valence-electron chi connectivity index (χ1n) is 6.96. The molecule has 0 unspecified atom stereocenters. The molecule has 1 aliphatic rings. The van der Waals surface area contributed by atoms with Crippen LogP contribution in [0.2, 0.25) is 0 Å². The first-order chi connectivity index (χ1) is 9.25. The largest absolute Gasteiger partial charge is 0.481 e. The quantitative estimate of drug-likeness (QED) is 0.872. The van der Waals surface area contributed by atoms with Crippen molar-refractivity contribution >= 4 is 16.7 Å². The van der Waals surface area contributed by atoms with Crippen molar-refractivity contribution in [3.05, 3.63) is 48.0 Å². The summed E-state index contributed by atoms with van der Waals surface area (Å²) >= 11 is 0. The van der Waals surface area contributed by atoms with Crippen LogP contribution in [0.1, 0.15) is 37.2 Å². The molecule has 1 saturated carbocycles. The molecule has 0 radical (unpaired) electrons. The zero-order chi connectivity index (χ0) is 13.2. The smallest absolute Gasteiger partial charge is 0.306 e. The Morgan fingerprint density at radius 3 is 2.37 bits per heavy atom. The minimum atomic E-state index is -0.628. The number of hydrogen-bond acceptors (Lipinski definition) is 1. The average Bonchev–Trinajstić information content (AvgIpc) is 2.47. The molecule has 0 bridgehead atoms. The summed E-state index contributed by atoms with van der Waals surface area (Å²) in [5, 5.41) is 11.7. The van der Waals surface area contributed by atoms with Gasteiger partial charge in [0, 0.05) is 0 Å². The second-order valence-corrected chi connectivity index (χ2v) is 5.46. The molecule has 0 aliphatic heterocycles. The summed E-state index contributed by atoms with van der Waals surface area (Å²) < 4.78 is 0. The lowest BCUT2D eigenvalue weighted by atomic mass is 9.77. The molecule has 1 aliphatic carbocycles. The van der Waals surface area contributed by atoms with E-state index in [0.29, 0.717) is 5.92 Å². The van der Waals surface area contributed by atoms with Crippen molar-refractivity contribution in [1.82, 2.24) is 0 Å². The molecule has 2 aromatic rings. The zero-order valence-corrected chi connectivity index (χ0v) is 10.9. The highest BCUT2D eigenvalue weighted by atomic mass is 16.4. The minimum Gasteiger partial charge on any atom is -0.481 e. The van der Waals surface area contributed by atoms with Gasteiger partial charge in [0.1, 0.15) is 0 Å². The van der Waals surface area contributed by atoms with Gasteiger partial charge in [-0.25, -0.2) is 0 Å². The van der Waals surface area contributed by atoms with Crippen molar-refractivity contribution in [2.24, 2.45) is 5.92 Å². The highest BCUT2D eigenvalue weighted by Crippen LogP contribution is 2.38. The Labute approximate surface area is 113 Å². The van der Waals surface area contributed by atoms with Crippen LogP contribution in [0.15, 0.2) is 42.5 Å². The molecule has 2 aromatic carbocycles. The summed E-state index contributed by atoms with van der Waals surface area (Å²) in [6.45, 7) is 0. The molecule has 2 nitrogen and oxygen atoms in total. The Hall–Kier alpha value is -1.83. The van der Waals surface area contributed by atoms with E-state index in [1.165, 1.54) is 16.3 Å². The van der Waals surface area contributed by atoms with Crippen LogP contribution in [0, 0.1) is 5.92 Å². The molecular weight excluding hydrogens is 236 g/mol. The molecule has 0 saturated heterocycles. The van der Waals surface area contributed by atoms with E-state index < -0.39 is 5.97 Å². The molecule has 3 rings (SSSR count). The molecular formula is C17H18O2. The molecule has 0 heterocycles. The summed E-state index contributed by atoms with van der Waals surface area (Å²) in [5.74, 6) is -0.246. The van der Waals surface area contributed by atoms with Crippen molar-refractivity contribution in [2.45, 2.75) is 31.6 Å². The second-order valence-electron chi connectivity index (χ2n) is 5.46. The van der Waals surface area contributed by atoms with Crippen LogP contribution in [-0.2, 0) is 4.79 Å². The van der Waals surface area contributed by atoms with Gasteiger partial charge < -0.3 is 5.11 Å². The fraction of sp³-hybridized carbons (Fsp3) is 0.353. The molecule has 1 N–H and O–H groups in total. The second kappa shape index (κ2) is 5.04. The van der Waals surface area contributed by atoms with Gasteiger partial charge in [-0.1, -0.05) is 42.5 Å². The number of carbonyl (C=O) groups is 1. The maximum atomic E-state index is 11.0. The van der Waals surface area contributed by atoms with Crippen LogP contribution < -0.4 is 0 Å². The lowest BCUT2D eigenvalue weighted by Crippen LogP contribution is -2.20. The third-order valence-electron chi connectivity index (χ3n) is 4.34. The maximum Gasteiger partial charge on any atom is 0.306 e. The van der Waals surface area contributed by atoms with E-state index in [4.69, 9.17) is 5.11 Å². The fourth-order valence-corrected chi connectivity index (χ4v) is 3.26. The van der Waals surface area contributed by atoms with Gasteiger partial charge in [-0.2, -0.15) is 0 Å². The van der Waals surface area contributed by atoms with Crippen LogP contribution in [0.3, 0.4) is 0 Å². The predicted molar refractivity (Wildman–Crippen MR) is 76.3 cm³/mol. The minimum absolute atomic E-state index is 0.133. The Morgan fingerprint density at radius 1 is 0.947 bits per heavy atom. The fourth-order valence-electron chi connectivity index (χ4n) is 3.26. The highest BCUT2D eigenvalue weighted by Gasteiger charge is 2.27. The molecule has 0 amide bonds. The lowest BCUT2D eigenvalue weighted by molar-refractivity contribution is -0.142. The number of carboxylic acids is 1. The van der Waals surface area contributed by atoms with Crippen LogP contribution in [0.5, 0.6) is 0 Å². The number of benzene rings is 2. The maximum absolute atomic E-state index is 11.0. The van der Waals surface area contributed by atoms with Crippen molar-refractivity contribution in [3.8, 4) is 0 Å². The van der Waals surface area contributed by atoms with Crippen LogP contribution in [-0.4, -0.2) is 11.1 Å². The van der Waals surface area contributed by atoms with Crippen molar-refractivity contribution in [3.63, 3.8) is 0 Å².